The van der Waals surface area contributed by atoms with Crippen molar-refractivity contribution in [2.45, 2.75) is 13.8 Å². The number of hydrogen-bond acceptors (Lipinski definition) is 7. The third-order valence-corrected chi connectivity index (χ3v) is 2.11. The van der Waals surface area contributed by atoms with E-state index in [1.807, 2.05) is 0 Å². The highest BCUT2D eigenvalue weighted by atomic mass is 16.5. The van der Waals surface area contributed by atoms with E-state index in [1.165, 1.54) is 12.3 Å². The molecule has 0 unspecified atom stereocenters. The number of rotatable bonds is 5. The van der Waals surface area contributed by atoms with Crippen molar-refractivity contribution in [2.75, 3.05) is 18.9 Å². The fourth-order valence-electron chi connectivity index (χ4n) is 1.33. The van der Waals surface area contributed by atoms with Gasteiger partial charge in [0, 0.05) is 6.20 Å². The van der Waals surface area contributed by atoms with Crippen molar-refractivity contribution in [3.63, 3.8) is 0 Å². The number of nitrogens with zero attached hydrogens (tertiary/aromatic N) is 2. The van der Waals surface area contributed by atoms with E-state index in [2.05, 4.69) is 4.98 Å². The zero-order valence-corrected chi connectivity index (χ0v) is 11.2. The maximum Gasteiger partial charge on any atom is 0.355 e. The van der Waals surface area contributed by atoms with Crippen LogP contribution in [0.1, 0.15) is 13.8 Å². The quantitative estimate of drug-likeness (QED) is 0.586. The highest BCUT2D eigenvalue weighted by molar-refractivity contribution is 6.14. The summed E-state index contributed by atoms with van der Waals surface area (Å²) in [4.78, 5) is 38.4. The molecule has 1 aromatic rings. The highest BCUT2D eigenvalue weighted by Crippen LogP contribution is 2.06. The van der Waals surface area contributed by atoms with Gasteiger partial charge in [0.05, 0.1) is 19.3 Å². The average Bonchev–Trinajstić information content (AvgIpc) is 2.37. The van der Waals surface area contributed by atoms with Gasteiger partial charge < -0.3 is 15.2 Å². The molecule has 1 heterocycles. The number of anilines is 1. The largest absolute Gasteiger partial charge is 0.463 e. The first-order chi connectivity index (χ1) is 9.49. The van der Waals surface area contributed by atoms with Crippen LogP contribution in [0.2, 0.25) is 0 Å². The molecular weight excluding hydrogens is 266 g/mol. The number of esters is 2. The van der Waals surface area contributed by atoms with E-state index in [1.54, 1.807) is 13.8 Å². The number of nitrogen functional groups attached to an aromatic ring is 1. The Morgan fingerprint density at radius 3 is 2.55 bits per heavy atom. The molecule has 1 rings (SSSR count). The molecule has 108 valence electrons. The van der Waals surface area contributed by atoms with Gasteiger partial charge >= 0.3 is 17.6 Å². The second kappa shape index (κ2) is 7.07. The van der Waals surface area contributed by atoms with Crippen molar-refractivity contribution in [3.8, 4) is 0 Å². The number of carbonyl (C=O) groups is 2. The Balaban J connectivity index is 3.26. The first-order valence-electron chi connectivity index (χ1n) is 5.90. The summed E-state index contributed by atoms with van der Waals surface area (Å²) in [5.74, 6) is -1.60. The van der Waals surface area contributed by atoms with E-state index in [-0.39, 0.29) is 24.7 Å². The summed E-state index contributed by atoms with van der Waals surface area (Å²) < 4.78 is 10.4. The molecule has 0 saturated heterocycles. The molecule has 0 amide bonds. The average molecular weight is 281 g/mol. The minimum atomic E-state index is -0.839. The van der Waals surface area contributed by atoms with Crippen molar-refractivity contribution in [1.82, 2.24) is 9.55 Å². The van der Waals surface area contributed by atoms with Crippen molar-refractivity contribution in [2.24, 2.45) is 0 Å². The Hall–Kier alpha value is -2.64. The Morgan fingerprint density at radius 2 is 2.00 bits per heavy atom. The van der Waals surface area contributed by atoms with Gasteiger partial charge in [-0.05, 0) is 19.9 Å². The van der Waals surface area contributed by atoms with Gasteiger partial charge in [0.15, 0.2) is 0 Å². The topological polar surface area (TPSA) is 114 Å². The fraction of sp³-hybridized carbons (Fsp3) is 0.333. The van der Waals surface area contributed by atoms with E-state index in [4.69, 9.17) is 15.2 Å². The lowest BCUT2D eigenvalue weighted by molar-refractivity contribution is -0.139. The van der Waals surface area contributed by atoms with Gasteiger partial charge in [0.25, 0.3) is 0 Å². The Morgan fingerprint density at radius 1 is 1.35 bits per heavy atom. The van der Waals surface area contributed by atoms with Crippen LogP contribution in [0.15, 0.2) is 23.1 Å². The molecule has 8 heteroatoms. The molecule has 2 N–H and O–H groups in total. The van der Waals surface area contributed by atoms with E-state index < -0.39 is 17.6 Å². The van der Waals surface area contributed by atoms with Crippen LogP contribution in [0.5, 0.6) is 0 Å². The van der Waals surface area contributed by atoms with Gasteiger partial charge in [0.2, 0.25) is 0 Å². The van der Waals surface area contributed by atoms with E-state index in [9.17, 15) is 14.4 Å². The molecule has 1 aromatic heterocycles. The molecule has 0 spiro atoms. The summed E-state index contributed by atoms with van der Waals surface area (Å²) in [6.45, 7) is 3.45. The first-order valence-corrected chi connectivity index (χ1v) is 5.90. The third-order valence-electron chi connectivity index (χ3n) is 2.11. The highest BCUT2D eigenvalue weighted by Gasteiger charge is 2.17. The number of nitrogens with two attached hydrogens (primary N) is 1. The molecule has 20 heavy (non-hydrogen) atoms. The fourth-order valence-corrected chi connectivity index (χ4v) is 1.33. The van der Waals surface area contributed by atoms with Crippen LogP contribution in [0.3, 0.4) is 0 Å². The summed E-state index contributed by atoms with van der Waals surface area (Å²) in [7, 11) is 0. The molecular formula is C12H15N3O5. The smallest absolute Gasteiger partial charge is 0.355 e. The molecule has 0 aliphatic rings. The SMILES string of the molecule is CCOC(=O)/C=C(/C(=O)OCC)n1ccc(N)nc1=O. The van der Waals surface area contributed by atoms with Crippen LogP contribution < -0.4 is 11.4 Å². The van der Waals surface area contributed by atoms with Gasteiger partial charge in [-0.3, -0.25) is 4.57 Å². The van der Waals surface area contributed by atoms with Crippen molar-refractivity contribution < 1.29 is 19.1 Å². The molecule has 0 aromatic carbocycles. The first kappa shape index (κ1) is 15.4. The number of aromatic nitrogens is 2. The predicted octanol–water partition coefficient (Wildman–Crippen LogP) is -0.207. The van der Waals surface area contributed by atoms with Crippen LogP contribution in [0.25, 0.3) is 5.70 Å². The summed E-state index contributed by atoms with van der Waals surface area (Å²) in [5.41, 5.74) is 4.27. The maximum atomic E-state index is 11.8. The van der Waals surface area contributed by atoms with Crippen LogP contribution in [0, 0.1) is 0 Å². The van der Waals surface area contributed by atoms with Crippen LogP contribution >= 0.6 is 0 Å². The van der Waals surface area contributed by atoms with Crippen LogP contribution in [0.4, 0.5) is 5.82 Å². The second-order valence-corrected chi connectivity index (χ2v) is 3.51. The number of carbonyl (C=O) groups excluding carboxylic acids is 2. The molecule has 0 aliphatic heterocycles. The van der Waals surface area contributed by atoms with Crippen molar-refractivity contribution >= 4 is 23.5 Å². The van der Waals surface area contributed by atoms with Gasteiger partial charge in [-0.15, -0.1) is 0 Å². The number of ether oxygens (including phenoxy) is 2. The molecule has 0 saturated carbocycles. The molecule has 8 nitrogen and oxygen atoms in total. The molecule has 0 bridgehead atoms. The normalized spacial score (nSPS) is 11.0. The monoisotopic (exact) mass is 281 g/mol. The molecule has 0 radical (unpaired) electrons. The predicted molar refractivity (Wildman–Crippen MR) is 70.4 cm³/mol. The zero-order valence-electron chi connectivity index (χ0n) is 11.2. The van der Waals surface area contributed by atoms with Gasteiger partial charge in [0.1, 0.15) is 11.5 Å². The minimum Gasteiger partial charge on any atom is -0.463 e. The summed E-state index contributed by atoms with van der Waals surface area (Å²) in [5, 5.41) is 0. The zero-order chi connectivity index (χ0) is 15.1. The van der Waals surface area contributed by atoms with E-state index >= 15 is 0 Å². The van der Waals surface area contributed by atoms with Gasteiger partial charge in [-0.1, -0.05) is 0 Å². The second-order valence-electron chi connectivity index (χ2n) is 3.51. The minimum absolute atomic E-state index is 0.00518. The lowest BCUT2D eigenvalue weighted by atomic mass is 10.3. The molecule has 0 aliphatic carbocycles. The lowest BCUT2D eigenvalue weighted by Gasteiger charge is -2.09. The van der Waals surface area contributed by atoms with Crippen molar-refractivity contribution in [1.29, 1.82) is 0 Å². The summed E-state index contributed by atoms with van der Waals surface area (Å²) in [6, 6.07) is 1.32. The van der Waals surface area contributed by atoms with Crippen molar-refractivity contribution in [3.05, 3.63) is 28.8 Å². The Labute approximate surface area is 114 Å². The number of hydrogen-bond donors (Lipinski definition) is 1. The lowest BCUT2D eigenvalue weighted by Crippen LogP contribution is -2.27. The summed E-state index contributed by atoms with van der Waals surface area (Å²) >= 11 is 0. The standard InChI is InChI=1S/C12H15N3O5/c1-3-19-10(16)7-8(11(17)20-4-2)15-6-5-9(13)14-12(15)18/h5-7H,3-4H2,1-2H3,(H2,13,14,18)/b8-7-. The van der Waals surface area contributed by atoms with E-state index in [0.29, 0.717) is 0 Å². The van der Waals surface area contributed by atoms with Gasteiger partial charge in [-0.2, -0.15) is 4.98 Å². The molecule has 0 fully saturated rings. The van der Waals surface area contributed by atoms with Crippen LogP contribution in [-0.4, -0.2) is 34.7 Å². The Kier molecular flexibility index (Phi) is 5.45. The molecule has 0 atom stereocenters. The van der Waals surface area contributed by atoms with E-state index in [0.717, 1.165) is 10.6 Å². The van der Waals surface area contributed by atoms with Crippen LogP contribution in [-0.2, 0) is 19.1 Å². The van der Waals surface area contributed by atoms with Gasteiger partial charge in [-0.25, -0.2) is 14.4 Å². The third kappa shape index (κ3) is 3.94. The summed E-state index contributed by atoms with van der Waals surface area (Å²) in [6.07, 6.45) is 2.10. The maximum absolute atomic E-state index is 11.8. The Bertz CT molecular complexity index is 591.